The lowest BCUT2D eigenvalue weighted by Crippen LogP contribution is -2.12. The molecular weight excluding hydrogens is 295 g/mol. The standard InChI is InChI=1S/C11H10BrFO4/c12-7-1-2-8(9(13)5-7)6(3-10(14)15)4-11(16)17/h1-2,5-6H,3-4H2,(H,14,15)(H,16,17). The van der Waals surface area contributed by atoms with Crippen molar-refractivity contribution in [2.24, 2.45) is 0 Å². The van der Waals surface area contributed by atoms with Crippen LogP contribution in [0.5, 0.6) is 0 Å². The van der Waals surface area contributed by atoms with Crippen molar-refractivity contribution in [1.82, 2.24) is 0 Å². The number of rotatable bonds is 5. The normalized spacial score (nSPS) is 10.5. The molecule has 92 valence electrons. The van der Waals surface area contributed by atoms with Crippen LogP contribution in [0.15, 0.2) is 22.7 Å². The Balaban J connectivity index is 3.02. The molecule has 0 unspecified atom stereocenters. The zero-order valence-electron chi connectivity index (χ0n) is 8.69. The molecule has 1 aromatic rings. The highest BCUT2D eigenvalue weighted by Crippen LogP contribution is 2.28. The highest BCUT2D eigenvalue weighted by Gasteiger charge is 2.22. The van der Waals surface area contributed by atoms with E-state index in [9.17, 15) is 14.0 Å². The predicted molar refractivity (Wildman–Crippen MR) is 61.3 cm³/mol. The molecule has 2 N–H and O–H groups in total. The Kier molecular flexibility index (Phi) is 4.62. The van der Waals surface area contributed by atoms with Gasteiger partial charge in [0.05, 0.1) is 12.8 Å². The fourth-order valence-corrected chi connectivity index (χ4v) is 1.88. The lowest BCUT2D eigenvalue weighted by Gasteiger charge is -2.13. The summed E-state index contributed by atoms with van der Waals surface area (Å²) < 4.78 is 14.1. The van der Waals surface area contributed by atoms with Crippen LogP contribution in [0.25, 0.3) is 0 Å². The number of hydrogen-bond donors (Lipinski definition) is 2. The second kappa shape index (κ2) is 5.77. The fourth-order valence-electron chi connectivity index (χ4n) is 1.55. The average Bonchev–Trinajstić information content (AvgIpc) is 2.14. The molecule has 0 aliphatic carbocycles. The van der Waals surface area contributed by atoms with Crippen LogP contribution in [0.1, 0.15) is 24.3 Å². The molecule has 4 nitrogen and oxygen atoms in total. The third-order valence-electron chi connectivity index (χ3n) is 2.24. The summed E-state index contributed by atoms with van der Waals surface area (Å²) in [6.07, 6.45) is -0.824. The van der Waals surface area contributed by atoms with Crippen molar-refractivity contribution < 1.29 is 24.2 Å². The van der Waals surface area contributed by atoms with Crippen molar-refractivity contribution in [3.63, 3.8) is 0 Å². The van der Waals surface area contributed by atoms with Crippen LogP contribution in [-0.4, -0.2) is 22.2 Å². The van der Waals surface area contributed by atoms with Crippen LogP contribution in [0.2, 0.25) is 0 Å². The lowest BCUT2D eigenvalue weighted by molar-refractivity contribution is -0.139. The minimum absolute atomic E-state index is 0.109. The second-order valence-corrected chi connectivity index (χ2v) is 4.47. The molecule has 0 aromatic heterocycles. The van der Waals surface area contributed by atoms with E-state index in [-0.39, 0.29) is 5.56 Å². The van der Waals surface area contributed by atoms with Gasteiger partial charge in [-0.3, -0.25) is 9.59 Å². The molecular formula is C11H10BrFO4. The fraction of sp³-hybridized carbons (Fsp3) is 0.273. The van der Waals surface area contributed by atoms with E-state index < -0.39 is 36.5 Å². The Morgan fingerprint density at radius 2 is 1.76 bits per heavy atom. The smallest absolute Gasteiger partial charge is 0.303 e. The Morgan fingerprint density at radius 1 is 1.24 bits per heavy atom. The predicted octanol–water partition coefficient (Wildman–Crippen LogP) is 2.62. The molecule has 0 fully saturated rings. The molecule has 0 amide bonds. The largest absolute Gasteiger partial charge is 0.481 e. The summed E-state index contributed by atoms with van der Waals surface area (Å²) in [5, 5.41) is 17.4. The maximum absolute atomic E-state index is 13.6. The molecule has 0 atom stereocenters. The maximum Gasteiger partial charge on any atom is 0.303 e. The number of aliphatic carboxylic acids is 2. The van der Waals surface area contributed by atoms with E-state index >= 15 is 0 Å². The molecule has 0 aliphatic rings. The first-order valence-electron chi connectivity index (χ1n) is 4.78. The van der Waals surface area contributed by atoms with Gasteiger partial charge >= 0.3 is 11.9 Å². The van der Waals surface area contributed by atoms with E-state index in [1.165, 1.54) is 12.1 Å². The van der Waals surface area contributed by atoms with Crippen LogP contribution in [-0.2, 0) is 9.59 Å². The third kappa shape index (κ3) is 4.14. The summed E-state index contributed by atoms with van der Waals surface area (Å²) in [6.45, 7) is 0. The van der Waals surface area contributed by atoms with Gasteiger partial charge in [0.1, 0.15) is 5.82 Å². The van der Waals surface area contributed by atoms with Crippen LogP contribution < -0.4 is 0 Å². The number of hydrogen-bond acceptors (Lipinski definition) is 2. The monoisotopic (exact) mass is 304 g/mol. The first-order valence-corrected chi connectivity index (χ1v) is 5.58. The topological polar surface area (TPSA) is 74.6 Å². The van der Waals surface area contributed by atoms with Gasteiger partial charge in [0.25, 0.3) is 0 Å². The Labute approximate surface area is 105 Å². The van der Waals surface area contributed by atoms with E-state index in [4.69, 9.17) is 10.2 Å². The molecule has 6 heteroatoms. The molecule has 0 heterocycles. The minimum Gasteiger partial charge on any atom is -0.481 e. The molecule has 0 saturated heterocycles. The van der Waals surface area contributed by atoms with E-state index in [2.05, 4.69) is 15.9 Å². The summed E-state index contributed by atoms with van der Waals surface area (Å²) in [4.78, 5) is 21.2. The number of carboxylic acids is 2. The molecule has 1 rings (SSSR count). The summed E-state index contributed by atoms with van der Waals surface area (Å²) in [5.74, 6) is -3.78. The van der Waals surface area contributed by atoms with Gasteiger partial charge in [0.15, 0.2) is 0 Å². The van der Waals surface area contributed by atoms with E-state index in [0.29, 0.717) is 4.47 Å². The first kappa shape index (κ1) is 13.6. The van der Waals surface area contributed by atoms with Crippen molar-refractivity contribution in [3.05, 3.63) is 34.1 Å². The number of carboxylic acid groups (broad SMARTS) is 2. The molecule has 0 bridgehead atoms. The Bertz CT molecular complexity index is 431. The summed E-state index contributed by atoms with van der Waals surface area (Å²) >= 11 is 3.07. The van der Waals surface area contributed by atoms with Gasteiger partial charge < -0.3 is 10.2 Å². The highest BCUT2D eigenvalue weighted by molar-refractivity contribution is 9.10. The number of carbonyl (C=O) groups is 2. The van der Waals surface area contributed by atoms with Gasteiger partial charge in [-0.25, -0.2) is 4.39 Å². The van der Waals surface area contributed by atoms with Gasteiger partial charge in [-0.05, 0) is 17.7 Å². The molecule has 0 radical (unpaired) electrons. The van der Waals surface area contributed by atoms with Crippen LogP contribution in [0, 0.1) is 5.82 Å². The average molecular weight is 305 g/mol. The Morgan fingerprint density at radius 3 is 2.18 bits per heavy atom. The summed E-state index contributed by atoms with van der Waals surface area (Å²) in [5.41, 5.74) is 0.109. The van der Waals surface area contributed by atoms with Gasteiger partial charge in [0.2, 0.25) is 0 Å². The molecule has 1 aromatic carbocycles. The molecule has 0 aliphatic heterocycles. The highest BCUT2D eigenvalue weighted by atomic mass is 79.9. The number of halogens is 2. The quantitative estimate of drug-likeness (QED) is 0.877. The lowest BCUT2D eigenvalue weighted by atomic mass is 9.92. The van der Waals surface area contributed by atoms with Gasteiger partial charge in [0, 0.05) is 10.4 Å². The third-order valence-corrected chi connectivity index (χ3v) is 2.74. The van der Waals surface area contributed by atoms with Crippen molar-refractivity contribution in [2.45, 2.75) is 18.8 Å². The molecule has 17 heavy (non-hydrogen) atoms. The van der Waals surface area contributed by atoms with Crippen molar-refractivity contribution in [2.75, 3.05) is 0 Å². The van der Waals surface area contributed by atoms with Crippen molar-refractivity contribution in [3.8, 4) is 0 Å². The molecule has 0 spiro atoms. The van der Waals surface area contributed by atoms with E-state index in [1.54, 1.807) is 6.07 Å². The van der Waals surface area contributed by atoms with Crippen LogP contribution in [0.4, 0.5) is 4.39 Å². The van der Waals surface area contributed by atoms with Gasteiger partial charge in [-0.15, -0.1) is 0 Å². The van der Waals surface area contributed by atoms with Crippen molar-refractivity contribution >= 4 is 27.9 Å². The second-order valence-electron chi connectivity index (χ2n) is 3.56. The van der Waals surface area contributed by atoms with Crippen molar-refractivity contribution in [1.29, 1.82) is 0 Å². The Hall–Kier alpha value is -1.43. The summed E-state index contributed by atoms with van der Waals surface area (Å²) in [7, 11) is 0. The minimum atomic E-state index is -1.15. The first-order chi connectivity index (χ1) is 7.90. The van der Waals surface area contributed by atoms with Crippen LogP contribution >= 0.6 is 15.9 Å². The van der Waals surface area contributed by atoms with Gasteiger partial charge in [-0.1, -0.05) is 22.0 Å². The molecule has 0 saturated carbocycles. The maximum atomic E-state index is 13.6. The van der Waals surface area contributed by atoms with Crippen LogP contribution in [0.3, 0.4) is 0 Å². The zero-order valence-corrected chi connectivity index (χ0v) is 10.3. The SMILES string of the molecule is O=C(O)CC(CC(=O)O)c1ccc(Br)cc1F. The van der Waals surface area contributed by atoms with Gasteiger partial charge in [-0.2, -0.15) is 0 Å². The van der Waals surface area contributed by atoms with E-state index in [0.717, 1.165) is 0 Å². The zero-order chi connectivity index (χ0) is 13.0. The van der Waals surface area contributed by atoms with E-state index in [1.807, 2.05) is 0 Å². The number of benzene rings is 1. The summed E-state index contributed by atoms with van der Waals surface area (Å²) in [6, 6.07) is 4.14.